The number of carbonyl (C=O) groups excluding carboxylic acids is 1. The number of nitrogens with zero attached hydrogens (tertiary/aromatic N) is 1. The number of benzene rings is 2. The second-order valence-corrected chi connectivity index (χ2v) is 6.48. The Balaban J connectivity index is 2.16. The van der Waals surface area contributed by atoms with Crippen molar-refractivity contribution in [2.75, 3.05) is 0 Å². The highest BCUT2D eigenvalue weighted by Gasteiger charge is 2.35. The van der Waals surface area contributed by atoms with Crippen molar-refractivity contribution in [1.29, 1.82) is 0 Å². The average Bonchev–Trinajstić information content (AvgIpc) is 2.92. The molecule has 1 heterocycles. The monoisotopic (exact) mass is 345 g/mol. The molecule has 0 radical (unpaired) electrons. The molecule has 0 aliphatic heterocycles. The molecule has 0 amide bonds. The zero-order chi connectivity index (χ0) is 18.2. The number of para-hydroxylation sites is 1. The summed E-state index contributed by atoms with van der Waals surface area (Å²) in [6.07, 6.45) is -2.90. The van der Waals surface area contributed by atoms with Gasteiger partial charge < -0.3 is 4.57 Å². The number of alkyl halides is 3. The van der Waals surface area contributed by atoms with Gasteiger partial charge in [-0.2, -0.15) is 13.2 Å². The van der Waals surface area contributed by atoms with Crippen molar-refractivity contribution in [3.63, 3.8) is 0 Å². The maximum Gasteiger partial charge on any atom is 0.417 e. The Bertz CT molecular complexity index is 922. The first-order valence-electron chi connectivity index (χ1n) is 8.08. The fourth-order valence-electron chi connectivity index (χ4n) is 3.05. The molecule has 0 aliphatic rings. The Kier molecular flexibility index (Phi) is 4.41. The average molecular weight is 345 g/mol. The van der Waals surface area contributed by atoms with Gasteiger partial charge in [-0.15, -0.1) is 0 Å². The maximum atomic E-state index is 13.3. The van der Waals surface area contributed by atoms with Gasteiger partial charge in [0.05, 0.1) is 5.56 Å². The third kappa shape index (κ3) is 3.31. The van der Waals surface area contributed by atoms with Gasteiger partial charge in [0.25, 0.3) is 0 Å². The molecule has 0 aliphatic carbocycles. The minimum atomic E-state index is -4.57. The molecule has 25 heavy (non-hydrogen) atoms. The van der Waals surface area contributed by atoms with Crippen LogP contribution in [0.2, 0.25) is 0 Å². The summed E-state index contributed by atoms with van der Waals surface area (Å²) in [6, 6.07) is 12.2. The normalized spacial score (nSPS) is 12.1. The van der Waals surface area contributed by atoms with Crippen molar-refractivity contribution in [2.45, 2.75) is 26.6 Å². The van der Waals surface area contributed by atoms with Crippen molar-refractivity contribution in [3.05, 3.63) is 71.4 Å². The van der Waals surface area contributed by atoms with Crippen LogP contribution in [-0.2, 0) is 12.7 Å². The lowest BCUT2D eigenvalue weighted by Crippen LogP contribution is -2.13. The standard InChI is InChI=1S/C20H18F3NO/c1-13(2)11-24-12-16(14-7-4-6-10-18(14)24)19(25)15-8-3-5-9-17(15)20(21,22)23/h3-10,12-13H,11H2,1-2H3. The highest BCUT2D eigenvalue weighted by atomic mass is 19.4. The second-order valence-electron chi connectivity index (χ2n) is 6.48. The summed E-state index contributed by atoms with van der Waals surface area (Å²) >= 11 is 0. The summed E-state index contributed by atoms with van der Waals surface area (Å²) in [6.45, 7) is 4.79. The highest BCUT2D eigenvalue weighted by Crippen LogP contribution is 2.34. The molecule has 3 aromatic rings. The van der Waals surface area contributed by atoms with E-state index in [0.29, 0.717) is 23.4 Å². The second kappa shape index (κ2) is 6.39. The molecule has 2 aromatic carbocycles. The van der Waals surface area contributed by atoms with Crippen LogP contribution in [0.15, 0.2) is 54.7 Å². The van der Waals surface area contributed by atoms with E-state index in [1.54, 1.807) is 18.3 Å². The van der Waals surface area contributed by atoms with Crippen LogP contribution in [-0.4, -0.2) is 10.4 Å². The largest absolute Gasteiger partial charge is 0.417 e. The van der Waals surface area contributed by atoms with E-state index in [4.69, 9.17) is 0 Å². The van der Waals surface area contributed by atoms with Gasteiger partial charge in [-0.05, 0) is 18.1 Å². The number of hydrogen-bond donors (Lipinski definition) is 0. The molecule has 0 spiro atoms. The molecule has 0 unspecified atom stereocenters. The molecule has 0 fully saturated rings. The number of fused-ring (bicyclic) bond motifs is 1. The summed E-state index contributed by atoms with van der Waals surface area (Å²) in [7, 11) is 0. The fraction of sp³-hybridized carbons (Fsp3) is 0.250. The number of carbonyl (C=O) groups is 1. The predicted octanol–water partition coefficient (Wildman–Crippen LogP) is 5.55. The zero-order valence-corrected chi connectivity index (χ0v) is 14.0. The first-order chi connectivity index (χ1) is 11.8. The van der Waals surface area contributed by atoms with Crippen LogP contribution in [0.25, 0.3) is 10.9 Å². The number of hydrogen-bond acceptors (Lipinski definition) is 1. The minimum absolute atomic E-state index is 0.299. The van der Waals surface area contributed by atoms with Crippen LogP contribution in [0, 0.1) is 5.92 Å². The molecule has 0 bridgehead atoms. The Morgan fingerprint density at radius 2 is 1.64 bits per heavy atom. The Morgan fingerprint density at radius 3 is 2.32 bits per heavy atom. The van der Waals surface area contributed by atoms with Gasteiger partial charge in [0.15, 0.2) is 5.78 Å². The molecule has 0 saturated carbocycles. The van der Waals surface area contributed by atoms with Crippen molar-refractivity contribution in [3.8, 4) is 0 Å². The van der Waals surface area contributed by atoms with Crippen LogP contribution >= 0.6 is 0 Å². The Morgan fingerprint density at radius 1 is 1.00 bits per heavy atom. The van der Waals surface area contributed by atoms with E-state index in [9.17, 15) is 18.0 Å². The topological polar surface area (TPSA) is 22.0 Å². The first kappa shape index (κ1) is 17.3. The molecule has 2 nitrogen and oxygen atoms in total. The summed E-state index contributed by atoms with van der Waals surface area (Å²) in [5.41, 5.74) is -0.0693. The summed E-state index contributed by atoms with van der Waals surface area (Å²) in [4.78, 5) is 12.9. The smallest absolute Gasteiger partial charge is 0.346 e. The summed E-state index contributed by atoms with van der Waals surface area (Å²) < 4.78 is 41.7. The fourth-order valence-corrected chi connectivity index (χ4v) is 3.05. The summed E-state index contributed by atoms with van der Waals surface area (Å²) in [5.74, 6) is -0.257. The van der Waals surface area contributed by atoms with Gasteiger partial charge in [0.2, 0.25) is 0 Å². The van der Waals surface area contributed by atoms with Gasteiger partial charge in [-0.3, -0.25) is 4.79 Å². The van der Waals surface area contributed by atoms with E-state index < -0.39 is 17.5 Å². The van der Waals surface area contributed by atoms with Crippen LogP contribution in [0.5, 0.6) is 0 Å². The number of rotatable bonds is 4. The third-order valence-electron chi connectivity index (χ3n) is 4.07. The molecular formula is C20H18F3NO. The maximum absolute atomic E-state index is 13.3. The van der Waals surface area contributed by atoms with Crippen molar-refractivity contribution in [2.24, 2.45) is 5.92 Å². The quantitative estimate of drug-likeness (QED) is 0.569. The van der Waals surface area contributed by atoms with E-state index in [0.717, 1.165) is 11.6 Å². The van der Waals surface area contributed by atoms with Crippen LogP contribution < -0.4 is 0 Å². The predicted molar refractivity (Wildman–Crippen MR) is 91.7 cm³/mol. The van der Waals surface area contributed by atoms with Gasteiger partial charge in [0.1, 0.15) is 0 Å². The highest BCUT2D eigenvalue weighted by molar-refractivity contribution is 6.17. The van der Waals surface area contributed by atoms with Crippen LogP contribution in [0.3, 0.4) is 0 Å². The zero-order valence-electron chi connectivity index (χ0n) is 14.0. The number of aromatic nitrogens is 1. The number of halogens is 3. The minimum Gasteiger partial charge on any atom is -0.346 e. The van der Waals surface area contributed by atoms with Gasteiger partial charge >= 0.3 is 6.18 Å². The number of ketones is 1. The van der Waals surface area contributed by atoms with E-state index in [1.165, 1.54) is 18.2 Å². The molecule has 0 atom stereocenters. The molecule has 3 rings (SSSR count). The lowest BCUT2D eigenvalue weighted by Gasteiger charge is -2.11. The van der Waals surface area contributed by atoms with Crippen LogP contribution in [0.4, 0.5) is 13.2 Å². The molecular weight excluding hydrogens is 327 g/mol. The Labute approximate surface area is 143 Å². The van der Waals surface area contributed by atoms with E-state index >= 15 is 0 Å². The van der Waals surface area contributed by atoms with E-state index in [1.807, 2.05) is 16.7 Å². The van der Waals surface area contributed by atoms with Gasteiger partial charge in [0, 0.05) is 34.8 Å². The summed E-state index contributed by atoms with van der Waals surface area (Å²) in [5, 5.41) is 0.671. The molecule has 1 aromatic heterocycles. The lowest BCUT2D eigenvalue weighted by molar-refractivity contribution is -0.137. The van der Waals surface area contributed by atoms with Crippen molar-refractivity contribution in [1.82, 2.24) is 4.57 Å². The molecule has 0 N–H and O–H groups in total. The molecule has 0 saturated heterocycles. The van der Waals surface area contributed by atoms with Crippen LogP contribution in [0.1, 0.15) is 35.3 Å². The first-order valence-corrected chi connectivity index (χ1v) is 8.08. The third-order valence-corrected chi connectivity index (χ3v) is 4.07. The SMILES string of the molecule is CC(C)Cn1cc(C(=O)c2ccccc2C(F)(F)F)c2ccccc21. The van der Waals surface area contributed by atoms with Gasteiger partial charge in [-0.25, -0.2) is 0 Å². The van der Waals surface area contributed by atoms with E-state index in [2.05, 4.69) is 13.8 Å². The van der Waals surface area contributed by atoms with Gasteiger partial charge in [-0.1, -0.05) is 50.2 Å². The molecule has 130 valence electrons. The van der Waals surface area contributed by atoms with Crippen molar-refractivity contribution < 1.29 is 18.0 Å². The Hall–Kier alpha value is -2.56. The lowest BCUT2D eigenvalue weighted by atomic mass is 9.98. The molecule has 5 heteroatoms. The van der Waals surface area contributed by atoms with E-state index in [-0.39, 0.29) is 5.56 Å². The van der Waals surface area contributed by atoms with Crippen molar-refractivity contribution >= 4 is 16.7 Å².